The van der Waals surface area contributed by atoms with E-state index in [0.717, 1.165) is 9.50 Å². The van der Waals surface area contributed by atoms with Gasteiger partial charge in [-0.25, -0.2) is 0 Å². The Hall–Kier alpha value is -0.790. The highest BCUT2D eigenvalue weighted by molar-refractivity contribution is 9.10. The van der Waals surface area contributed by atoms with Gasteiger partial charge in [-0.3, -0.25) is 0 Å². The van der Waals surface area contributed by atoms with Gasteiger partial charge in [0.15, 0.2) is 0 Å². The van der Waals surface area contributed by atoms with E-state index in [-0.39, 0.29) is 5.41 Å². The second-order valence-electron chi connectivity index (χ2n) is 4.98. The van der Waals surface area contributed by atoms with Crippen LogP contribution in [0.5, 0.6) is 0 Å². The molecule has 0 atom stereocenters. The van der Waals surface area contributed by atoms with Crippen molar-refractivity contribution in [1.82, 2.24) is 0 Å². The van der Waals surface area contributed by atoms with Crippen LogP contribution in [0, 0.1) is 0 Å². The van der Waals surface area contributed by atoms with E-state index in [9.17, 15) is 0 Å². The van der Waals surface area contributed by atoms with Crippen LogP contribution in [0.4, 0.5) is 0 Å². The molecular weight excluding hydrogens is 296 g/mol. The fraction of sp³-hybridized carbons (Fsp3) is 0.200. The topological polar surface area (TPSA) is 0 Å². The highest BCUT2D eigenvalue weighted by atomic mass is 79.9. The minimum absolute atomic E-state index is 0.0102. The number of rotatable bonds is 0. The van der Waals surface area contributed by atoms with E-state index in [2.05, 4.69) is 54.0 Å². The van der Waals surface area contributed by atoms with Crippen molar-refractivity contribution in [1.29, 1.82) is 0 Å². The first-order chi connectivity index (χ1) is 8.01. The molecule has 0 bridgehead atoms. The zero-order valence-corrected chi connectivity index (χ0v) is 12.1. The molecule has 86 valence electrons. The van der Waals surface area contributed by atoms with Crippen molar-refractivity contribution < 1.29 is 0 Å². The number of hydrogen-bond donors (Lipinski definition) is 0. The Morgan fingerprint density at radius 1 is 1.06 bits per heavy atom. The molecule has 0 amide bonds. The summed E-state index contributed by atoms with van der Waals surface area (Å²) in [5.41, 5.74) is 5.14. The summed E-state index contributed by atoms with van der Waals surface area (Å²) in [5.74, 6) is 0. The van der Waals surface area contributed by atoms with Crippen LogP contribution in [0.2, 0.25) is 5.02 Å². The monoisotopic (exact) mass is 306 g/mol. The molecule has 0 aliphatic heterocycles. The summed E-state index contributed by atoms with van der Waals surface area (Å²) in [6, 6.07) is 12.6. The summed E-state index contributed by atoms with van der Waals surface area (Å²) in [4.78, 5) is 0. The lowest BCUT2D eigenvalue weighted by Gasteiger charge is -2.22. The number of fused-ring (bicyclic) bond motifs is 3. The molecule has 2 aromatic carbocycles. The van der Waals surface area contributed by atoms with Crippen LogP contribution >= 0.6 is 27.5 Å². The van der Waals surface area contributed by atoms with Gasteiger partial charge in [-0.2, -0.15) is 0 Å². The Morgan fingerprint density at radius 3 is 2.59 bits per heavy atom. The Kier molecular flexibility index (Phi) is 2.39. The first-order valence-electron chi connectivity index (χ1n) is 5.61. The van der Waals surface area contributed by atoms with Gasteiger partial charge in [0.05, 0.1) is 0 Å². The van der Waals surface area contributed by atoms with Gasteiger partial charge in [0.25, 0.3) is 0 Å². The fourth-order valence-electron chi connectivity index (χ4n) is 2.80. The van der Waals surface area contributed by atoms with E-state index in [4.69, 9.17) is 11.6 Å². The smallest absolute Gasteiger partial charge is 0.0453 e. The van der Waals surface area contributed by atoms with Crippen molar-refractivity contribution in [2.24, 2.45) is 0 Å². The summed E-state index contributed by atoms with van der Waals surface area (Å²) >= 11 is 9.91. The van der Waals surface area contributed by atoms with E-state index in [1.165, 1.54) is 22.3 Å². The Labute approximate surface area is 115 Å². The van der Waals surface area contributed by atoms with Crippen LogP contribution < -0.4 is 0 Å². The summed E-state index contributed by atoms with van der Waals surface area (Å²) < 4.78 is 1.11. The van der Waals surface area contributed by atoms with Crippen molar-refractivity contribution >= 4 is 27.5 Å². The molecule has 2 heteroatoms. The number of hydrogen-bond acceptors (Lipinski definition) is 0. The van der Waals surface area contributed by atoms with Crippen molar-refractivity contribution in [2.75, 3.05) is 0 Å². The maximum atomic E-state index is 6.37. The third-order valence-corrected chi connectivity index (χ3v) is 4.39. The molecular formula is C15H12BrCl. The molecule has 0 aromatic heterocycles. The van der Waals surface area contributed by atoms with Crippen molar-refractivity contribution in [3.8, 4) is 11.1 Å². The summed E-state index contributed by atoms with van der Waals surface area (Å²) in [6.45, 7) is 4.47. The van der Waals surface area contributed by atoms with Crippen LogP contribution in [-0.4, -0.2) is 0 Å². The maximum absolute atomic E-state index is 6.37. The van der Waals surface area contributed by atoms with Crippen LogP contribution in [0.1, 0.15) is 25.0 Å². The van der Waals surface area contributed by atoms with Crippen LogP contribution in [0.25, 0.3) is 11.1 Å². The van der Waals surface area contributed by atoms with Crippen molar-refractivity contribution in [3.63, 3.8) is 0 Å². The molecule has 1 aliphatic carbocycles. The second kappa shape index (κ2) is 3.60. The lowest BCUT2D eigenvalue weighted by molar-refractivity contribution is 0.660. The van der Waals surface area contributed by atoms with E-state index in [0.29, 0.717) is 0 Å². The lowest BCUT2D eigenvalue weighted by atomic mass is 9.82. The highest BCUT2D eigenvalue weighted by Crippen LogP contribution is 2.51. The molecule has 0 nitrogen and oxygen atoms in total. The van der Waals surface area contributed by atoms with Gasteiger partial charge in [0, 0.05) is 14.9 Å². The van der Waals surface area contributed by atoms with E-state index in [1.54, 1.807) is 0 Å². The van der Waals surface area contributed by atoms with Gasteiger partial charge in [-0.1, -0.05) is 59.6 Å². The molecule has 2 aromatic rings. The largest absolute Gasteiger partial charge is 0.0840 e. The average molecular weight is 308 g/mol. The maximum Gasteiger partial charge on any atom is 0.0453 e. The lowest BCUT2D eigenvalue weighted by Crippen LogP contribution is -2.15. The molecule has 3 rings (SSSR count). The third kappa shape index (κ3) is 1.49. The van der Waals surface area contributed by atoms with Gasteiger partial charge in [-0.05, 0) is 40.5 Å². The fourth-order valence-corrected chi connectivity index (χ4v) is 3.57. The average Bonchev–Trinajstić information content (AvgIpc) is 2.49. The molecule has 0 fully saturated rings. The van der Waals surface area contributed by atoms with Gasteiger partial charge >= 0.3 is 0 Å². The van der Waals surface area contributed by atoms with E-state index >= 15 is 0 Å². The SMILES string of the molecule is CC1(C)c2ccc(Br)cc2-c2cccc(Cl)c21. The summed E-state index contributed by atoms with van der Waals surface area (Å²) in [5, 5.41) is 0.861. The molecule has 17 heavy (non-hydrogen) atoms. The van der Waals surface area contributed by atoms with Crippen molar-refractivity contribution in [2.45, 2.75) is 19.3 Å². The highest BCUT2D eigenvalue weighted by Gasteiger charge is 2.36. The zero-order valence-electron chi connectivity index (χ0n) is 9.72. The quantitative estimate of drug-likeness (QED) is 0.610. The van der Waals surface area contributed by atoms with Crippen LogP contribution in [-0.2, 0) is 5.41 Å². The molecule has 1 aliphatic rings. The molecule has 0 radical (unpaired) electrons. The third-order valence-electron chi connectivity index (χ3n) is 3.58. The number of benzene rings is 2. The van der Waals surface area contributed by atoms with Crippen LogP contribution in [0.3, 0.4) is 0 Å². The molecule has 0 unspecified atom stereocenters. The Balaban J connectivity index is 2.43. The van der Waals surface area contributed by atoms with Gasteiger partial charge < -0.3 is 0 Å². The number of halogens is 2. The van der Waals surface area contributed by atoms with E-state index in [1.807, 2.05) is 12.1 Å². The van der Waals surface area contributed by atoms with Gasteiger partial charge in [-0.15, -0.1) is 0 Å². The minimum atomic E-state index is -0.0102. The predicted octanol–water partition coefficient (Wildman–Crippen LogP) is 5.41. The predicted molar refractivity (Wildman–Crippen MR) is 76.7 cm³/mol. The molecule has 0 spiro atoms. The molecule has 0 N–H and O–H groups in total. The van der Waals surface area contributed by atoms with Crippen molar-refractivity contribution in [3.05, 3.63) is 57.0 Å². The Bertz CT molecular complexity index is 614. The standard InChI is InChI=1S/C15H12BrCl/c1-15(2)12-7-6-9(16)8-11(12)10-4-3-5-13(17)14(10)15/h3-8H,1-2H3. The first-order valence-corrected chi connectivity index (χ1v) is 6.78. The molecule has 0 heterocycles. The first kappa shape index (κ1) is 11.3. The van der Waals surface area contributed by atoms with E-state index < -0.39 is 0 Å². The minimum Gasteiger partial charge on any atom is -0.0840 e. The normalized spacial score (nSPS) is 15.5. The van der Waals surface area contributed by atoms with Gasteiger partial charge in [0.2, 0.25) is 0 Å². The Morgan fingerprint density at radius 2 is 1.82 bits per heavy atom. The zero-order chi connectivity index (χ0) is 12.2. The summed E-state index contributed by atoms with van der Waals surface area (Å²) in [7, 11) is 0. The molecule has 0 saturated heterocycles. The van der Waals surface area contributed by atoms with Crippen LogP contribution in [0.15, 0.2) is 40.9 Å². The molecule has 0 saturated carbocycles. The second-order valence-corrected chi connectivity index (χ2v) is 6.30. The van der Waals surface area contributed by atoms with Gasteiger partial charge in [0.1, 0.15) is 0 Å². The summed E-state index contributed by atoms with van der Waals surface area (Å²) in [6.07, 6.45) is 0.